The van der Waals surface area contributed by atoms with Crippen LogP contribution in [0.25, 0.3) is 0 Å². The minimum Gasteiger partial charge on any atom is -0.463 e. The van der Waals surface area contributed by atoms with Crippen molar-refractivity contribution in [2.75, 3.05) is 13.7 Å². The number of ether oxygens (including phenoxy) is 1. The molecule has 1 saturated carbocycles. The molecule has 1 aliphatic carbocycles. The lowest BCUT2D eigenvalue weighted by molar-refractivity contribution is -0.0112. The Morgan fingerprint density at radius 3 is 2.71 bits per heavy atom. The van der Waals surface area contributed by atoms with Crippen LogP contribution in [0.15, 0.2) is 16.5 Å². The van der Waals surface area contributed by atoms with Gasteiger partial charge in [0.2, 0.25) is 0 Å². The second-order valence-electron chi connectivity index (χ2n) is 5.43. The van der Waals surface area contributed by atoms with Crippen molar-refractivity contribution in [1.29, 1.82) is 0 Å². The summed E-state index contributed by atoms with van der Waals surface area (Å²) in [5.41, 5.74) is 0. The quantitative estimate of drug-likeness (QED) is 0.874. The van der Waals surface area contributed by atoms with Gasteiger partial charge in [0.25, 0.3) is 0 Å². The summed E-state index contributed by atoms with van der Waals surface area (Å²) in [5, 5.41) is 3.33. The summed E-state index contributed by atoms with van der Waals surface area (Å²) in [4.78, 5) is 0. The van der Waals surface area contributed by atoms with Gasteiger partial charge < -0.3 is 14.5 Å². The van der Waals surface area contributed by atoms with Gasteiger partial charge >= 0.3 is 0 Å². The molecule has 1 aliphatic heterocycles. The van der Waals surface area contributed by atoms with Gasteiger partial charge in [0.05, 0.1) is 0 Å². The molecule has 3 rings (SSSR count). The van der Waals surface area contributed by atoms with Crippen LogP contribution >= 0.6 is 0 Å². The van der Waals surface area contributed by atoms with Gasteiger partial charge in [-0.3, -0.25) is 0 Å². The molecule has 3 heteroatoms. The molecular formula is C14H21NO2. The van der Waals surface area contributed by atoms with E-state index in [0.29, 0.717) is 12.0 Å². The third-order valence-electron chi connectivity index (χ3n) is 4.13. The van der Waals surface area contributed by atoms with Crippen molar-refractivity contribution < 1.29 is 9.15 Å². The number of furan rings is 1. The summed E-state index contributed by atoms with van der Waals surface area (Å²) in [5.74, 6) is 3.63. The van der Waals surface area contributed by atoms with Gasteiger partial charge in [0, 0.05) is 18.6 Å². The molecule has 4 unspecified atom stereocenters. The summed E-state index contributed by atoms with van der Waals surface area (Å²) >= 11 is 0. The lowest BCUT2D eigenvalue weighted by Gasteiger charge is -2.28. The van der Waals surface area contributed by atoms with Gasteiger partial charge in [-0.25, -0.2) is 0 Å². The predicted octanol–water partition coefficient (Wildman–Crippen LogP) is 2.84. The Morgan fingerprint density at radius 2 is 2.00 bits per heavy atom. The van der Waals surface area contributed by atoms with Crippen LogP contribution in [0.1, 0.15) is 49.7 Å². The number of rotatable bonds is 3. The molecule has 1 saturated heterocycles. The predicted molar refractivity (Wildman–Crippen MR) is 66.0 cm³/mol. The van der Waals surface area contributed by atoms with E-state index < -0.39 is 0 Å². The van der Waals surface area contributed by atoms with Crippen LogP contribution < -0.4 is 5.32 Å². The Hall–Kier alpha value is -0.800. The van der Waals surface area contributed by atoms with Crippen molar-refractivity contribution in [2.45, 2.75) is 44.2 Å². The van der Waals surface area contributed by atoms with Crippen LogP contribution in [-0.4, -0.2) is 19.7 Å². The maximum absolute atomic E-state index is 5.96. The van der Waals surface area contributed by atoms with Crippen LogP contribution in [0.2, 0.25) is 0 Å². The maximum Gasteiger partial charge on any atom is 0.133 e. The molecule has 4 atom stereocenters. The fraction of sp³-hybridized carbons (Fsp3) is 0.714. The van der Waals surface area contributed by atoms with Crippen molar-refractivity contribution in [1.82, 2.24) is 5.32 Å². The highest BCUT2D eigenvalue weighted by Gasteiger charge is 2.37. The summed E-state index contributed by atoms with van der Waals surface area (Å²) in [6.07, 6.45) is 3.53. The molecule has 94 valence electrons. The fourth-order valence-corrected chi connectivity index (χ4v) is 2.72. The molecule has 1 aromatic rings. The second-order valence-corrected chi connectivity index (χ2v) is 5.43. The Bertz CT molecular complexity index is 387. The Labute approximate surface area is 103 Å². The first kappa shape index (κ1) is 11.3. The van der Waals surface area contributed by atoms with Crippen molar-refractivity contribution in [3.8, 4) is 0 Å². The molecule has 0 spiro atoms. The number of hydrogen-bond acceptors (Lipinski definition) is 3. The Morgan fingerprint density at radius 1 is 1.24 bits per heavy atom. The summed E-state index contributed by atoms with van der Waals surface area (Å²) in [6.45, 7) is 3.10. The average molecular weight is 235 g/mol. The van der Waals surface area contributed by atoms with E-state index in [-0.39, 0.29) is 6.10 Å². The number of nitrogens with one attached hydrogen (secondary N) is 1. The van der Waals surface area contributed by atoms with Crippen LogP contribution in [0.3, 0.4) is 0 Å². The van der Waals surface area contributed by atoms with E-state index in [0.717, 1.165) is 36.9 Å². The van der Waals surface area contributed by atoms with Gasteiger partial charge in [-0.15, -0.1) is 0 Å². The highest BCUT2D eigenvalue weighted by molar-refractivity contribution is 5.19. The van der Waals surface area contributed by atoms with E-state index >= 15 is 0 Å². The Balaban J connectivity index is 1.68. The van der Waals surface area contributed by atoms with E-state index in [1.807, 2.05) is 7.05 Å². The van der Waals surface area contributed by atoms with Gasteiger partial charge in [-0.1, -0.05) is 6.92 Å². The smallest absolute Gasteiger partial charge is 0.133 e. The molecule has 2 aliphatic rings. The van der Waals surface area contributed by atoms with Crippen LogP contribution in [-0.2, 0) is 4.74 Å². The molecule has 0 bridgehead atoms. The zero-order valence-electron chi connectivity index (χ0n) is 10.6. The van der Waals surface area contributed by atoms with Crippen LogP contribution in [0.4, 0.5) is 0 Å². The number of hydrogen-bond donors (Lipinski definition) is 1. The van der Waals surface area contributed by atoms with E-state index in [1.54, 1.807) is 0 Å². The minimum absolute atomic E-state index is 0.143. The van der Waals surface area contributed by atoms with E-state index in [4.69, 9.17) is 9.15 Å². The molecule has 3 nitrogen and oxygen atoms in total. The molecule has 0 aromatic carbocycles. The first-order valence-electron chi connectivity index (χ1n) is 6.66. The monoisotopic (exact) mass is 235 g/mol. The Kier molecular flexibility index (Phi) is 2.97. The maximum atomic E-state index is 5.96. The largest absolute Gasteiger partial charge is 0.463 e. The SMILES string of the molecule is CNC1CCOC(c2ccc(C3CC3C)o2)C1. The molecule has 1 N–H and O–H groups in total. The summed E-state index contributed by atoms with van der Waals surface area (Å²) in [6, 6.07) is 4.79. The summed E-state index contributed by atoms with van der Waals surface area (Å²) in [7, 11) is 2.02. The van der Waals surface area contributed by atoms with Gasteiger partial charge in [-0.2, -0.15) is 0 Å². The molecular weight excluding hydrogens is 214 g/mol. The van der Waals surface area contributed by atoms with Crippen molar-refractivity contribution in [3.05, 3.63) is 23.7 Å². The lowest BCUT2D eigenvalue weighted by atomic mass is 10.0. The van der Waals surface area contributed by atoms with Crippen molar-refractivity contribution >= 4 is 0 Å². The zero-order valence-corrected chi connectivity index (χ0v) is 10.6. The zero-order chi connectivity index (χ0) is 11.8. The van der Waals surface area contributed by atoms with E-state index in [9.17, 15) is 0 Å². The van der Waals surface area contributed by atoms with Crippen molar-refractivity contribution in [2.24, 2.45) is 5.92 Å². The van der Waals surface area contributed by atoms with Crippen LogP contribution in [0, 0.1) is 5.92 Å². The minimum atomic E-state index is 0.143. The molecule has 0 amide bonds. The van der Waals surface area contributed by atoms with E-state index in [1.165, 1.54) is 6.42 Å². The molecule has 2 heterocycles. The normalized spacial score (nSPS) is 37.1. The third kappa shape index (κ3) is 2.26. The standard InChI is InChI=1S/C14H21NO2/c1-9-7-11(9)12-3-4-13(17-12)14-8-10(15-2)5-6-16-14/h3-4,9-11,14-15H,5-8H2,1-2H3. The molecule has 17 heavy (non-hydrogen) atoms. The molecule has 2 fully saturated rings. The van der Waals surface area contributed by atoms with Crippen LogP contribution in [0.5, 0.6) is 0 Å². The molecule has 1 aromatic heterocycles. The topological polar surface area (TPSA) is 34.4 Å². The van der Waals surface area contributed by atoms with Crippen molar-refractivity contribution in [3.63, 3.8) is 0 Å². The second kappa shape index (κ2) is 4.46. The fourth-order valence-electron chi connectivity index (χ4n) is 2.72. The van der Waals surface area contributed by atoms with E-state index in [2.05, 4.69) is 24.4 Å². The average Bonchev–Trinajstić information content (AvgIpc) is 2.92. The van der Waals surface area contributed by atoms with Gasteiger partial charge in [0.1, 0.15) is 17.6 Å². The third-order valence-corrected chi connectivity index (χ3v) is 4.13. The first-order valence-corrected chi connectivity index (χ1v) is 6.66. The van der Waals surface area contributed by atoms with Gasteiger partial charge in [0.15, 0.2) is 0 Å². The molecule has 0 radical (unpaired) electrons. The van der Waals surface area contributed by atoms with Gasteiger partial charge in [-0.05, 0) is 44.4 Å². The highest BCUT2D eigenvalue weighted by Crippen LogP contribution is 2.48. The summed E-state index contributed by atoms with van der Waals surface area (Å²) < 4.78 is 11.8. The highest BCUT2D eigenvalue weighted by atomic mass is 16.5. The lowest BCUT2D eigenvalue weighted by Crippen LogP contribution is -2.33. The first-order chi connectivity index (χ1) is 8.28.